The molecular weight excluding hydrogens is 416 g/mol. The molecule has 0 heterocycles. The minimum atomic E-state index is -3.30. The molecule has 6 nitrogen and oxygen atoms in total. The zero-order chi connectivity index (χ0) is 22.3. The minimum Gasteiger partial charge on any atom is -0.507 e. The van der Waals surface area contributed by atoms with Gasteiger partial charge in [0.15, 0.2) is 9.84 Å². The van der Waals surface area contributed by atoms with E-state index in [0.29, 0.717) is 36.5 Å². The number of ether oxygens (including phenoxy) is 1. The van der Waals surface area contributed by atoms with Gasteiger partial charge in [-0.25, -0.2) is 13.2 Å². The molecule has 0 amide bonds. The molecular formula is C24H24O6S. The monoisotopic (exact) mass is 440 g/mol. The number of aromatic hydroxyl groups is 1. The lowest BCUT2D eigenvalue weighted by molar-refractivity contribution is 0.0693. The minimum absolute atomic E-state index is 0.0278. The second kappa shape index (κ2) is 10.1. The summed E-state index contributed by atoms with van der Waals surface area (Å²) in [6.45, 7) is 0.302. The van der Waals surface area contributed by atoms with Gasteiger partial charge in [-0.1, -0.05) is 36.4 Å². The number of hydrogen-bond donors (Lipinski definition) is 2. The Labute approximate surface area is 181 Å². The van der Waals surface area contributed by atoms with Crippen molar-refractivity contribution in [2.45, 2.75) is 24.2 Å². The number of phenols is 1. The molecule has 0 aromatic heterocycles. The highest BCUT2D eigenvalue weighted by Crippen LogP contribution is 2.20. The Bertz CT molecular complexity index is 1120. The van der Waals surface area contributed by atoms with Crippen molar-refractivity contribution >= 4 is 15.8 Å². The SMILES string of the molecule is O=C(O)c1cc(CCc2ccc(OCCCS(=O)(=O)c3ccccc3)cc2)ccc1O. The van der Waals surface area contributed by atoms with Gasteiger partial charge in [-0.05, 0) is 66.8 Å². The van der Waals surface area contributed by atoms with Crippen molar-refractivity contribution in [2.24, 2.45) is 0 Å². The van der Waals surface area contributed by atoms with E-state index in [1.165, 1.54) is 12.1 Å². The van der Waals surface area contributed by atoms with Crippen molar-refractivity contribution in [3.8, 4) is 11.5 Å². The Morgan fingerprint density at radius 3 is 2.19 bits per heavy atom. The maximum atomic E-state index is 12.3. The molecule has 7 heteroatoms. The van der Waals surface area contributed by atoms with Crippen LogP contribution in [0.4, 0.5) is 0 Å². The van der Waals surface area contributed by atoms with Crippen molar-refractivity contribution in [2.75, 3.05) is 12.4 Å². The van der Waals surface area contributed by atoms with Gasteiger partial charge in [0.2, 0.25) is 0 Å². The molecule has 0 fully saturated rings. The van der Waals surface area contributed by atoms with Gasteiger partial charge in [0.25, 0.3) is 0 Å². The number of hydrogen-bond acceptors (Lipinski definition) is 5. The number of rotatable bonds is 10. The van der Waals surface area contributed by atoms with Crippen molar-refractivity contribution in [3.63, 3.8) is 0 Å². The molecule has 0 saturated carbocycles. The summed E-state index contributed by atoms with van der Waals surface area (Å²) < 4.78 is 30.2. The molecule has 162 valence electrons. The van der Waals surface area contributed by atoms with Gasteiger partial charge in [-0.3, -0.25) is 0 Å². The second-order valence-electron chi connectivity index (χ2n) is 7.13. The molecule has 31 heavy (non-hydrogen) atoms. The third-order valence-electron chi connectivity index (χ3n) is 4.85. The van der Waals surface area contributed by atoms with E-state index in [2.05, 4.69) is 0 Å². The van der Waals surface area contributed by atoms with Gasteiger partial charge in [0, 0.05) is 0 Å². The van der Waals surface area contributed by atoms with Crippen molar-refractivity contribution in [1.29, 1.82) is 0 Å². The lowest BCUT2D eigenvalue weighted by atomic mass is 10.0. The van der Waals surface area contributed by atoms with Crippen molar-refractivity contribution in [3.05, 3.63) is 89.5 Å². The van der Waals surface area contributed by atoms with Gasteiger partial charge in [-0.15, -0.1) is 0 Å². The van der Waals surface area contributed by atoms with Gasteiger partial charge in [0.05, 0.1) is 17.3 Å². The first kappa shape index (κ1) is 22.4. The summed E-state index contributed by atoms with van der Waals surface area (Å²) in [5.41, 5.74) is 1.79. The molecule has 0 aliphatic carbocycles. The molecule has 0 radical (unpaired) electrons. The third kappa shape index (κ3) is 6.33. The van der Waals surface area contributed by atoms with Crippen LogP contribution in [0.1, 0.15) is 27.9 Å². The summed E-state index contributed by atoms with van der Waals surface area (Å²) in [5, 5.41) is 18.7. The van der Waals surface area contributed by atoms with Gasteiger partial charge < -0.3 is 14.9 Å². The summed E-state index contributed by atoms with van der Waals surface area (Å²) in [6.07, 6.45) is 1.74. The van der Waals surface area contributed by atoms with Crippen molar-refractivity contribution in [1.82, 2.24) is 0 Å². The summed E-state index contributed by atoms with van der Waals surface area (Å²) in [5.74, 6) is -0.703. The van der Waals surface area contributed by atoms with Gasteiger partial charge >= 0.3 is 5.97 Å². The van der Waals surface area contributed by atoms with Crippen LogP contribution in [0.25, 0.3) is 0 Å². The predicted octanol–water partition coefficient (Wildman–Crippen LogP) is 4.12. The molecule has 0 atom stereocenters. The Hall–Kier alpha value is -3.32. The number of sulfone groups is 1. The molecule has 3 rings (SSSR count). The zero-order valence-electron chi connectivity index (χ0n) is 16.9. The number of aryl methyl sites for hydroxylation is 2. The molecule has 0 aliphatic rings. The van der Waals surface area contributed by atoms with E-state index in [1.54, 1.807) is 36.4 Å². The first-order chi connectivity index (χ1) is 14.8. The van der Waals surface area contributed by atoms with E-state index < -0.39 is 15.8 Å². The van der Waals surface area contributed by atoms with E-state index in [0.717, 1.165) is 11.1 Å². The first-order valence-electron chi connectivity index (χ1n) is 9.90. The van der Waals surface area contributed by atoms with E-state index in [4.69, 9.17) is 9.84 Å². The molecule has 0 aliphatic heterocycles. The van der Waals surface area contributed by atoms with E-state index in [1.807, 2.05) is 24.3 Å². The Kier molecular flexibility index (Phi) is 7.31. The number of benzene rings is 3. The fraction of sp³-hybridized carbons (Fsp3) is 0.208. The Balaban J connectivity index is 1.46. The third-order valence-corrected chi connectivity index (χ3v) is 6.66. The molecule has 0 bridgehead atoms. The average molecular weight is 441 g/mol. The highest BCUT2D eigenvalue weighted by molar-refractivity contribution is 7.91. The number of carboxylic acids is 1. The van der Waals surface area contributed by atoms with Crippen LogP contribution in [0, 0.1) is 0 Å². The van der Waals surface area contributed by atoms with Crippen LogP contribution in [-0.4, -0.2) is 37.0 Å². The lowest BCUT2D eigenvalue weighted by Crippen LogP contribution is -2.10. The van der Waals surface area contributed by atoms with Crippen LogP contribution < -0.4 is 4.74 Å². The Morgan fingerprint density at radius 1 is 0.871 bits per heavy atom. The zero-order valence-corrected chi connectivity index (χ0v) is 17.7. The number of carboxylic acid groups (broad SMARTS) is 1. The topological polar surface area (TPSA) is 101 Å². The maximum absolute atomic E-state index is 12.3. The highest BCUT2D eigenvalue weighted by Gasteiger charge is 2.13. The molecule has 2 N–H and O–H groups in total. The second-order valence-corrected chi connectivity index (χ2v) is 9.24. The van der Waals surface area contributed by atoms with Crippen LogP contribution in [0.5, 0.6) is 11.5 Å². The average Bonchev–Trinajstić information content (AvgIpc) is 2.77. The maximum Gasteiger partial charge on any atom is 0.339 e. The molecule has 3 aromatic rings. The summed E-state index contributed by atoms with van der Waals surface area (Å²) >= 11 is 0. The van der Waals surface area contributed by atoms with Gasteiger partial charge in [-0.2, -0.15) is 0 Å². The molecule has 0 saturated heterocycles. The molecule has 3 aromatic carbocycles. The largest absolute Gasteiger partial charge is 0.507 e. The van der Waals surface area contributed by atoms with E-state index in [9.17, 15) is 18.3 Å². The van der Waals surface area contributed by atoms with Crippen LogP contribution in [0.2, 0.25) is 0 Å². The Morgan fingerprint density at radius 2 is 1.52 bits per heavy atom. The predicted molar refractivity (Wildman–Crippen MR) is 118 cm³/mol. The highest BCUT2D eigenvalue weighted by atomic mass is 32.2. The summed E-state index contributed by atoms with van der Waals surface area (Å²) in [4.78, 5) is 11.4. The quantitative estimate of drug-likeness (QED) is 0.460. The van der Waals surface area contributed by atoms with Crippen LogP contribution >= 0.6 is 0 Å². The lowest BCUT2D eigenvalue weighted by Gasteiger charge is -2.09. The van der Waals surface area contributed by atoms with E-state index in [-0.39, 0.29) is 17.1 Å². The number of aromatic carboxylic acids is 1. The standard InChI is InChI=1S/C24H24O6S/c25-23-14-11-19(17-22(23)24(26)27)8-7-18-9-12-20(13-10-18)30-15-4-16-31(28,29)21-5-2-1-3-6-21/h1-3,5-6,9-14,17,25H,4,7-8,15-16H2,(H,26,27). The van der Waals surface area contributed by atoms with E-state index >= 15 is 0 Å². The fourth-order valence-corrected chi connectivity index (χ4v) is 4.44. The summed E-state index contributed by atoms with van der Waals surface area (Å²) in [6, 6.07) is 20.5. The molecule has 0 spiro atoms. The number of carbonyl (C=O) groups is 1. The van der Waals surface area contributed by atoms with Crippen LogP contribution in [-0.2, 0) is 22.7 Å². The van der Waals surface area contributed by atoms with Crippen LogP contribution in [0.3, 0.4) is 0 Å². The normalized spacial score (nSPS) is 11.2. The summed E-state index contributed by atoms with van der Waals surface area (Å²) in [7, 11) is -3.30. The van der Waals surface area contributed by atoms with Crippen molar-refractivity contribution < 1.29 is 28.2 Å². The molecule has 0 unspecified atom stereocenters. The fourth-order valence-electron chi connectivity index (χ4n) is 3.14. The van der Waals surface area contributed by atoms with Crippen LogP contribution in [0.15, 0.2) is 77.7 Å². The van der Waals surface area contributed by atoms with Gasteiger partial charge in [0.1, 0.15) is 17.1 Å². The first-order valence-corrected chi connectivity index (χ1v) is 11.5. The smallest absolute Gasteiger partial charge is 0.339 e.